The molecule has 0 aliphatic rings. The van der Waals surface area contributed by atoms with Gasteiger partial charge >= 0.3 is 0 Å². The van der Waals surface area contributed by atoms with E-state index < -0.39 is 0 Å². The van der Waals surface area contributed by atoms with Crippen molar-refractivity contribution in [1.29, 1.82) is 0 Å². The minimum absolute atomic E-state index is 0.105. The highest BCUT2D eigenvalue weighted by atomic mass is 35.5. The van der Waals surface area contributed by atoms with Gasteiger partial charge in [0.25, 0.3) is 0 Å². The zero-order chi connectivity index (χ0) is 14.8. The Balaban J connectivity index is 2.08. The molecule has 2 aromatic rings. The molecule has 0 spiro atoms. The van der Waals surface area contributed by atoms with Crippen LogP contribution in [-0.2, 0) is 6.54 Å². The first-order valence-corrected chi connectivity index (χ1v) is 7.80. The van der Waals surface area contributed by atoms with Crippen LogP contribution in [0.3, 0.4) is 0 Å². The second-order valence-electron chi connectivity index (χ2n) is 5.81. The summed E-state index contributed by atoms with van der Waals surface area (Å²) >= 11 is 8.00. The fraction of sp³-hybridized carbons (Fsp3) is 0.375. The van der Waals surface area contributed by atoms with E-state index in [1.807, 2.05) is 19.1 Å². The van der Waals surface area contributed by atoms with Crippen molar-refractivity contribution in [3.05, 3.63) is 46.9 Å². The van der Waals surface area contributed by atoms with Gasteiger partial charge in [0.2, 0.25) is 0 Å². The summed E-state index contributed by atoms with van der Waals surface area (Å²) in [7, 11) is 0. The highest BCUT2D eigenvalue weighted by Crippen LogP contribution is 2.35. The Morgan fingerprint density at radius 2 is 1.95 bits per heavy atom. The first-order valence-electron chi connectivity index (χ1n) is 6.60. The van der Waals surface area contributed by atoms with E-state index >= 15 is 0 Å². The van der Waals surface area contributed by atoms with Crippen LogP contribution in [0.15, 0.2) is 44.7 Å². The normalized spacial score (nSPS) is 11.8. The maximum Gasteiger partial charge on any atom is 0.114 e. The van der Waals surface area contributed by atoms with Crippen molar-refractivity contribution in [3.8, 4) is 0 Å². The van der Waals surface area contributed by atoms with Gasteiger partial charge in [-0.05, 0) is 51.5 Å². The van der Waals surface area contributed by atoms with Gasteiger partial charge in [0.15, 0.2) is 0 Å². The number of furan rings is 1. The highest BCUT2D eigenvalue weighted by molar-refractivity contribution is 7.99. The molecule has 0 saturated heterocycles. The molecule has 20 heavy (non-hydrogen) atoms. The summed E-state index contributed by atoms with van der Waals surface area (Å²) in [6.07, 6.45) is 1.70. The SMILES string of the molecule is Cc1occc1Sc1ccc(CNC(C)(C)C)cc1Cl. The number of rotatable bonds is 4. The molecular formula is C16H20ClNOS. The Morgan fingerprint density at radius 1 is 1.20 bits per heavy atom. The number of benzene rings is 1. The summed E-state index contributed by atoms with van der Waals surface area (Å²) in [5.41, 5.74) is 1.30. The van der Waals surface area contributed by atoms with E-state index in [9.17, 15) is 0 Å². The van der Waals surface area contributed by atoms with Crippen molar-refractivity contribution in [3.63, 3.8) is 0 Å². The third-order valence-electron chi connectivity index (χ3n) is 2.85. The fourth-order valence-corrected chi connectivity index (χ4v) is 2.87. The van der Waals surface area contributed by atoms with Gasteiger partial charge in [-0.25, -0.2) is 0 Å². The molecule has 2 nitrogen and oxygen atoms in total. The number of hydrogen-bond acceptors (Lipinski definition) is 3. The van der Waals surface area contributed by atoms with E-state index in [1.54, 1.807) is 18.0 Å². The lowest BCUT2D eigenvalue weighted by Gasteiger charge is -2.20. The van der Waals surface area contributed by atoms with Crippen LogP contribution in [0.4, 0.5) is 0 Å². The van der Waals surface area contributed by atoms with Crippen LogP contribution < -0.4 is 5.32 Å². The maximum atomic E-state index is 6.37. The predicted octanol–water partition coefficient (Wildman–Crippen LogP) is 5.28. The van der Waals surface area contributed by atoms with Crippen LogP contribution in [-0.4, -0.2) is 5.54 Å². The number of halogens is 1. The van der Waals surface area contributed by atoms with Crippen LogP contribution in [0.25, 0.3) is 0 Å². The fourth-order valence-electron chi connectivity index (χ4n) is 1.70. The maximum absolute atomic E-state index is 6.37. The largest absolute Gasteiger partial charge is 0.468 e. The minimum Gasteiger partial charge on any atom is -0.468 e. The average Bonchev–Trinajstić information content (AvgIpc) is 2.75. The molecule has 0 aliphatic heterocycles. The molecule has 4 heteroatoms. The van der Waals surface area contributed by atoms with Crippen LogP contribution >= 0.6 is 23.4 Å². The highest BCUT2D eigenvalue weighted by Gasteiger charge is 2.11. The van der Waals surface area contributed by atoms with E-state index in [-0.39, 0.29) is 5.54 Å². The smallest absolute Gasteiger partial charge is 0.114 e. The quantitative estimate of drug-likeness (QED) is 0.831. The van der Waals surface area contributed by atoms with Gasteiger partial charge < -0.3 is 9.73 Å². The van der Waals surface area contributed by atoms with E-state index in [0.717, 1.165) is 27.1 Å². The summed E-state index contributed by atoms with van der Waals surface area (Å²) < 4.78 is 5.30. The molecule has 0 saturated carbocycles. The monoisotopic (exact) mass is 309 g/mol. The average molecular weight is 310 g/mol. The lowest BCUT2D eigenvalue weighted by molar-refractivity contribution is 0.424. The topological polar surface area (TPSA) is 25.2 Å². The van der Waals surface area contributed by atoms with E-state index in [0.29, 0.717) is 0 Å². The molecule has 0 unspecified atom stereocenters. The van der Waals surface area contributed by atoms with Gasteiger partial charge in [0.1, 0.15) is 5.76 Å². The molecule has 1 aromatic heterocycles. The minimum atomic E-state index is 0.105. The Bertz CT molecular complexity index is 586. The molecule has 1 aromatic carbocycles. The summed E-state index contributed by atoms with van der Waals surface area (Å²) in [6, 6.07) is 8.17. The van der Waals surface area contributed by atoms with Gasteiger partial charge in [-0.15, -0.1) is 0 Å². The molecule has 108 valence electrons. The summed E-state index contributed by atoms with van der Waals surface area (Å²) in [5.74, 6) is 0.921. The molecule has 0 atom stereocenters. The third kappa shape index (κ3) is 4.30. The Hall–Kier alpha value is -0.900. The number of nitrogens with one attached hydrogen (secondary N) is 1. The second-order valence-corrected chi connectivity index (χ2v) is 7.30. The van der Waals surface area contributed by atoms with Crippen LogP contribution in [0.5, 0.6) is 0 Å². The lowest BCUT2D eigenvalue weighted by atomic mass is 10.1. The first-order chi connectivity index (χ1) is 9.35. The van der Waals surface area contributed by atoms with Gasteiger partial charge in [-0.2, -0.15) is 0 Å². The van der Waals surface area contributed by atoms with Crippen molar-refractivity contribution in [1.82, 2.24) is 5.32 Å². The van der Waals surface area contributed by atoms with Crippen molar-refractivity contribution in [2.75, 3.05) is 0 Å². The first kappa shape index (κ1) is 15.5. The Kier molecular flexibility index (Phi) is 4.84. The van der Waals surface area contributed by atoms with E-state index in [2.05, 4.69) is 38.2 Å². The van der Waals surface area contributed by atoms with Crippen LogP contribution in [0, 0.1) is 6.92 Å². The van der Waals surface area contributed by atoms with Crippen molar-refractivity contribution in [2.45, 2.75) is 49.6 Å². The van der Waals surface area contributed by atoms with Crippen molar-refractivity contribution in [2.24, 2.45) is 0 Å². The predicted molar refractivity (Wildman–Crippen MR) is 85.6 cm³/mol. The molecule has 1 heterocycles. The molecule has 0 bridgehead atoms. The van der Waals surface area contributed by atoms with Crippen LogP contribution in [0.1, 0.15) is 32.1 Å². The number of aryl methyl sites for hydroxylation is 1. The van der Waals surface area contributed by atoms with Gasteiger partial charge in [0, 0.05) is 17.0 Å². The van der Waals surface area contributed by atoms with Crippen molar-refractivity contribution >= 4 is 23.4 Å². The standard InChI is InChI=1S/C16H20ClNOS/c1-11-14(7-8-19-11)20-15-6-5-12(9-13(15)17)10-18-16(2,3)4/h5-9,18H,10H2,1-4H3. The van der Waals surface area contributed by atoms with Crippen molar-refractivity contribution < 1.29 is 4.42 Å². The summed E-state index contributed by atoms with van der Waals surface area (Å²) in [6.45, 7) is 9.23. The molecule has 2 rings (SSSR count). The van der Waals surface area contributed by atoms with E-state index in [4.69, 9.17) is 16.0 Å². The second kappa shape index (κ2) is 6.25. The van der Waals surface area contributed by atoms with Gasteiger partial charge in [0.05, 0.1) is 16.2 Å². The molecule has 0 fully saturated rings. The molecule has 0 aliphatic carbocycles. The Morgan fingerprint density at radius 3 is 2.50 bits per heavy atom. The zero-order valence-corrected chi connectivity index (χ0v) is 13.9. The lowest BCUT2D eigenvalue weighted by Crippen LogP contribution is -2.35. The molecular weight excluding hydrogens is 290 g/mol. The summed E-state index contributed by atoms with van der Waals surface area (Å²) in [4.78, 5) is 2.16. The molecule has 0 amide bonds. The zero-order valence-electron chi connectivity index (χ0n) is 12.3. The third-order valence-corrected chi connectivity index (χ3v) is 4.49. The summed E-state index contributed by atoms with van der Waals surface area (Å²) in [5, 5.41) is 4.24. The molecule has 0 radical (unpaired) electrons. The Labute approximate surface area is 129 Å². The van der Waals surface area contributed by atoms with E-state index in [1.165, 1.54) is 5.56 Å². The molecule has 1 N–H and O–H groups in total. The van der Waals surface area contributed by atoms with Crippen LogP contribution in [0.2, 0.25) is 5.02 Å². The number of hydrogen-bond donors (Lipinski definition) is 1. The van der Waals surface area contributed by atoms with Gasteiger partial charge in [-0.3, -0.25) is 0 Å². The van der Waals surface area contributed by atoms with Gasteiger partial charge in [-0.1, -0.05) is 29.4 Å².